The molecular formula is C20H28N2. The second-order valence-corrected chi connectivity index (χ2v) is 5.87. The van der Waals surface area contributed by atoms with E-state index in [-0.39, 0.29) is 0 Å². The van der Waals surface area contributed by atoms with Gasteiger partial charge in [0, 0.05) is 24.0 Å². The lowest BCUT2D eigenvalue weighted by molar-refractivity contribution is 0.532. The van der Waals surface area contributed by atoms with Crippen molar-refractivity contribution < 1.29 is 0 Å². The zero-order chi connectivity index (χ0) is 15.6. The quantitative estimate of drug-likeness (QED) is 0.651. The minimum absolute atomic E-state index is 0.293. The Balaban J connectivity index is 2.00. The first kappa shape index (κ1) is 16.6. The summed E-state index contributed by atoms with van der Waals surface area (Å²) >= 11 is 0. The van der Waals surface area contributed by atoms with Crippen LogP contribution in [0.3, 0.4) is 0 Å². The van der Waals surface area contributed by atoms with E-state index >= 15 is 0 Å². The molecular weight excluding hydrogens is 268 g/mol. The van der Waals surface area contributed by atoms with Crippen molar-refractivity contribution >= 4 is 11.4 Å². The highest BCUT2D eigenvalue weighted by Gasteiger charge is 2.11. The van der Waals surface area contributed by atoms with E-state index in [9.17, 15) is 0 Å². The molecule has 1 atom stereocenters. The van der Waals surface area contributed by atoms with Gasteiger partial charge in [-0.25, -0.2) is 0 Å². The van der Waals surface area contributed by atoms with Crippen LogP contribution in [0.1, 0.15) is 39.0 Å². The van der Waals surface area contributed by atoms with Gasteiger partial charge in [-0.3, -0.25) is 0 Å². The minimum Gasteiger partial charge on any atom is -0.341 e. The Morgan fingerprint density at radius 3 is 1.86 bits per heavy atom. The van der Waals surface area contributed by atoms with E-state index in [1.807, 2.05) is 0 Å². The van der Waals surface area contributed by atoms with Crippen molar-refractivity contribution in [2.75, 3.05) is 11.4 Å². The highest BCUT2D eigenvalue weighted by molar-refractivity contribution is 5.62. The zero-order valence-electron chi connectivity index (χ0n) is 13.6. The molecule has 2 nitrogen and oxygen atoms in total. The van der Waals surface area contributed by atoms with Gasteiger partial charge in [-0.2, -0.15) is 0 Å². The van der Waals surface area contributed by atoms with E-state index in [0.29, 0.717) is 6.04 Å². The van der Waals surface area contributed by atoms with E-state index in [0.717, 1.165) is 19.4 Å². The van der Waals surface area contributed by atoms with Crippen LogP contribution in [0.4, 0.5) is 11.4 Å². The third-order valence-electron chi connectivity index (χ3n) is 4.04. The van der Waals surface area contributed by atoms with Gasteiger partial charge in [-0.1, -0.05) is 62.6 Å². The Bertz CT molecular complexity index is 470. The molecule has 0 aliphatic carbocycles. The van der Waals surface area contributed by atoms with Gasteiger partial charge < -0.3 is 10.6 Å². The number of benzene rings is 2. The Labute approximate surface area is 135 Å². The van der Waals surface area contributed by atoms with E-state index in [1.165, 1.54) is 30.6 Å². The molecule has 0 amide bonds. The van der Waals surface area contributed by atoms with Crippen molar-refractivity contribution in [1.29, 1.82) is 0 Å². The number of nitrogens with two attached hydrogens (primary N) is 1. The monoisotopic (exact) mass is 296 g/mol. The van der Waals surface area contributed by atoms with Crippen molar-refractivity contribution in [2.45, 2.75) is 45.1 Å². The summed E-state index contributed by atoms with van der Waals surface area (Å²) in [5.41, 5.74) is 8.75. The van der Waals surface area contributed by atoms with Crippen LogP contribution in [0, 0.1) is 0 Å². The van der Waals surface area contributed by atoms with E-state index < -0.39 is 0 Å². The molecule has 0 saturated heterocycles. The molecule has 0 radical (unpaired) electrons. The molecule has 2 N–H and O–H groups in total. The maximum absolute atomic E-state index is 6.29. The molecule has 2 aromatic rings. The average molecular weight is 296 g/mol. The van der Waals surface area contributed by atoms with Crippen LogP contribution in [-0.4, -0.2) is 12.6 Å². The van der Waals surface area contributed by atoms with Crippen LogP contribution < -0.4 is 10.6 Å². The topological polar surface area (TPSA) is 29.3 Å². The normalized spacial score (nSPS) is 12.1. The first-order valence-corrected chi connectivity index (χ1v) is 8.44. The fraction of sp³-hybridized carbons (Fsp3) is 0.400. The second kappa shape index (κ2) is 9.26. The fourth-order valence-corrected chi connectivity index (χ4v) is 2.72. The van der Waals surface area contributed by atoms with Gasteiger partial charge in [-0.05, 0) is 37.1 Å². The summed E-state index contributed by atoms with van der Waals surface area (Å²) in [5.74, 6) is 0. The number of rotatable bonds is 9. The Morgan fingerprint density at radius 2 is 1.36 bits per heavy atom. The van der Waals surface area contributed by atoms with E-state index in [4.69, 9.17) is 5.73 Å². The summed E-state index contributed by atoms with van der Waals surface area (Å²) < 4.78 is 0. The van der Waals surface area contributed by atoms with Crippen LogP contribution in [0.2, 0.25) is 0 Å². The van der Waals surface area contributed by atoms with Crippen LogP contribution in [0.25, 0.3) is 0 Å². The molecule has 0 heterocycles. The van der Waals surface area contributed by atoms with Crippen molar-refractivity contribution in [3.8, 4) is 0 Å². The summed E-state index contributed by atoms with van der Waals surface area (Å²) in [4.78, 5) is 2.36. The number of para-hydroxylation sites is 2. The number of unbranched alkanes of at least 4 members (excludes halogenated alkanes) is 2. The maximum atomic E-state index is 6.29. The Hall–Kier alpha value is -1.80. The van der Waals surface area contributed by atoms with Crippen molar-refractivity contribution in [2.24, 2.45) is 5.73 Å². The van der Waals surface area contributed by atoms with Gasteiger partial charge in [0.1, 0.15) is 0 Å². The predicted octanol–water partition coefficient (Wildman–Crippen LogP) is 5.12. The van der Waals surface area contributed by atoms with Gasteiger partial charge in [0.25, 0.3) is 0 Å². The number of hydrogen-bond acceptors (Lipinski definition) is 2. The molecule has 1 unspecified atom stereocenters. The molecule has 0 bridgehead atoms. The van der Waals surface area contributed by atoms with Gasteiger partial charge >= 0.3 is 0 Å². The first-order valence-electron chi connectivity index (χ1n) is 8.44. The molecule has 0 aliphatic rings. The van der Waals surface area contributed by atoms with Gasteiger partial charge in [-0.15, -0.1) is 0 Å². The molecule has 0 aromatic heterocycles. The van der Waals surface area contributed by atoms with Crippen LogP contribution in [0.15, 0.2) is 60.7 Å². The SMILES string of the molecule is CCCCCC(N)CCN(c1ccccc1)c1ccccc1. The number of nitrogens with zero attached hydrogens (tertiary/aromatic N) is 1. The van der Waals surface area contributed by atoms with E-state index in [2.05, 4.69) is 72.5 Å². The summed E-state index contributed by atoms with van der Waals surface area (Å²) in [6, 6.07) is 21.4. The first-order chi connectivity index (χ1) is 10.8. The van der Waals surface area contributed by atoms with Crippen LogP contribution in [-0.2, 0) is 0 Å². The lowest BCUT2D eigenvalue weighted by Gasteiger charge is -2.26. The number of hydrogen-bond donors (Lipinski definition) is 1. The Kier molecular flexibility index (Phi) is 6.98. The van der Waals surface area contributed by atoms with E-state index in [1.54, 1.807) is 0 Å². The minimum atomic E-state index is 0.293. The highest BCUT2D eigenvalue weighted by atomic mass is 15.1. The molecule has 0 spiro atoms. The zero-order valence-corrected chi connectivity index (χ0v) is 13.6. The fourth-order valence-electron chi connectivity index (χ4n) is 2.72. The third kappa shape index (κ3) is 5.19. The lowest BCUT2D eigenvalue weighted by atomic mass is 10.1. The molecule has 2 heteroatoms. The summed E-state index contributed by atoms with van der Waals surface area (Å²) in [6.07, 6.45) is 5.94. The largest absolute Gasteiger partial charge is 0.341 e. The van der Waals surface area contributed by atoms with Crippen LogP contribution in [0.5, 0.6) is 0 Å². The molecule has 2 aromatic carbocycles. The third-order valence-corrected chi connectivity index (χ3v) is 4.04. The molecule has 22 heavy (non-hydrogen) atoms. The highest BCUT2D eigenvalue weighted by Crippen LogP contribution is 2.25. The molecule has 0 saturated carbocycles. The lowest BCUT2D eigenvalue weighted by Crippen LogP contribution is -2.27. The smallest absolute Gasteiger partial charge is 0.0410 e. The van der Waals surface area contributed by atoms with Crippen LogP contribution >= 0.6 is 0 Å². The Morgan fingerprint density at radius 1 is 0.818 bits per heavy atom. The molecule has 118 valence electrons. The predicted molar refractivity (Wildman–Crippen MR) is 96.6 cm³/mol. The van der Waals surface area contributed by atoms with Crippen molar-refractivity contribution in [3.63, 3.8) is 0 Å². The summed E-state index contributed by atoms with van der Waals surface area (Å²) in [6.45, 7) is 3.19. The molecule has 0 aliphatic heterocycles. The molecule has 2 rings (SSSR count). The second-order valence-electron chi connectivity index (χ2n) is 5.87. The van der Waals surface area contributed by atoms with Gasteiger partial charge in [0.05, 0.1) is 0 Å². The maximum Gasteiger partial charge on any atom is 0.0410 e. The average Bonchev–Trinajstić information content (AvgIpc) is 2.57. The van der Waals surface area contributed by atoms with Gasteiger partial charge in [0.15, 0.2) is 0 Å². The molecule has 0 fully saturated rings. The van der Waals surface area contributed by atoms with Gasteiger partial charge in [0.2, 0.25) is 0 Å². The summed E-state index contributed by atoms with van der Waals surface area (Å²) in [7, 11) is 0. The summed E-state index contributed by atoms with van der Waals surface area (Å²) in [5, 5.41) is 0. The van der Waals surface area contributed by atoms with Crippen molar-refractivity contribution in [3.05, 3.63) is 60.7 Å². The standard InChI is InChI=1S/C20H28N2/c1-2-3-6-11-18(21)16-17-22(19-12-7-4-8-13-19)20-14-9-5-10-15-20/h4-5,7-10,12-15,18H,2-3,6,11,16-17,21H2,1H3. The number of anilines is 2. The van der Waals surface area contributed by atoms with Crippen molar-refractivity contribution in [1.82, 2.24) is 0 Å².